The van der Waals surface area contributed by atoms with E-state index in [1.807, 2.05) is 0 Å². The molecule has 2 aliphatic rings. The fraction of sp³-hybridized carbons (Fsp3) is 0.522. The number of nitrogens with zero attached hydrogens (tertiary/aromatic N) is 5. The number of hydrogen-bond donors (Lipinski definition) is 2. The highest BCUT2D eigenvalue weighted by Crippen LogP contribution is 2.39. The Morgan fingerprint density at radius 1 is 1.18 bits per heavy atom. The van der Waals surface area contributed by atoms with Gasteiger partial charge in [0, 0.05) is 32.4 Å². The van der Waals surface area contributed by atoms with Crippen molar-refractivity contribution in [1.82, 2.24) is 20.1 Å². The molecule has 17 heteroatoms. The second kappa shape index (κ2) is 10.9. The summed E-state index contributed by atoms with van der Waals surface area (Å²) in [6.07, 6.45) is -8.03. The van der Waals surface area contributed by atoms with E-state index in [1.165, 1.54) is 18.9 Å². The predicted octanol–water partition coefficient (Wildman–Crippen LogP) is 2.10. The quantitative estimate of drug-likeness (QED) is 0.379. The lowest BCUT2D eigenvalue weighted by Crippen LogP contribution is -2.63. The van der Waals surface area contributed by atoms with E-state index in [4.69, 9.17) is 4.74 Å². The van der Waals surface area contributed by atoms with E-state index in [0.717, 1.165) is 17.2 Å². The van der Waals surface area contributed by atoms with Crippen molar-refractivity contribution in [3.63, 3.8) is 0 Å². The molecule has 2 aliphatic heterocycles. The minimum atomic E-state index is -4.89. The molecule has 0 radical (unpaired) electrons. The summed E-state index contributed by atoms with van der Waals surface area (Å²) in [6.45, 7) is 1.75. The number of rotatable bonds is 7. The first kappa shape index (κ1) is 29.1. The van der Waals surface area contributed by atoms with Crippen molar-refractivity contribution in [3.05, 3.63) is 39.9 Å². The van der Waals surface area contributed by atoms with Gasteiger partial charge in [-0.15, -0.1) is 0 Å². The molecule has 2 aromatic heterocycles. The monoisotopic (exact) mass is 577 g/mol. The number of halogens is 6. The van der Waals surface area contributed by atoms with Gasteiger partial charge in [-0.2, -0.15) is 31.4 Å². The highest BCUT2D eigenvalue weighted by molar-refractivity contribution is 6.05. The summed E-state index contributed by atoms with van der Waals surface area (Å²) in [6, 6.07) is -0.614. The van der Waals surface area contributed by atoms with Crippen molar-refractivity contribution in [2.75, 3.05) is 55.0 Å². The van der Waals surface area contributed by atoms with Crippen LogP contribution < -0.4 is 20.7 Å². The van der Waals surface area contributed by atoms with Crippen molar-refractivity contribution in [3.8, 4) is 0 Å². The molecular formula is C23H25F6N7O4. The Hall–Kier alpha value is -3.89. The molecule has 4 rings (SSSR count). The van der Waals surface area contributed by atoms with Crippen LogP contribution in [0.1, 0.15) is 24.5 Å². The molecule has 2 N–H and O–H groups in total. The molecular weight excluding hydrogens is 552 g/mol. The number of nitrogens with one attached hydrogen (secondary N) is 2. The van der Waals surface area contributed by atoms with Crippen LogP contribution in [-0.2, 0) is 26.7 Å². The van der Waals surface area contributed by atoms with Gasteiger partial charge in [-0.25, -0.2) is 10.1 Å². The van der Waals surface area contributed by atoms with Gasteiger partial charge >= 0.3 is 12.4 Å². The summed E-state index contributed by atoms with van der Waals surface area (Å²) in [5.41, 5.74) is -4.24. The van der Waals surface area contributed by atoms with Crippen LogP contribution in [0.2, 0.25) is 0 Å². The number of alkyl halides is 6. The lowest BCUT2D eigenvalue weighted by Gasteiger charge is -2.46. The lowest BCUT2D eigenvalue weighted by atomic mass is 10.0. The largest absolute Gasteiger partial charge is 0.423 e. The highest BCUT2D eigenvalue weighted by Gasteiger charge is 2.43. The minimum absolute atomic E-state index is 0.00210. The van der Waals surface area contributed by atoms with Crippen LogP contribution in [0.25, 0.3) is 0 Å². The number of aromatic amines is 1. The van der Waals surface area contributed by atoms with Crippen LogP contribution in [0.3, 0.4) is 0 Å². The van der Waals surface area contributed by atoms with Crippen LogP contribution in [0.15, 0.2) is 23.3 Å². The van der Waals surface area contributed by atoms with E-state index in [0.29, 0.717) is 6.20 Å². The first-order valence-electron chi connectivity index (χ1n) is 12.1. The number of ether oxygens (including phenoxy) is 1. The molecule has 2 aromatic rings. The minimum Gasteiger partial charge on any atom is -0.379 e. The number of amides is 2. The van der Waals surface area contributed by atoms with Gasteiger partial charge in [-0.1, -0.05) is 0 Å². The number of carbonyl (C=O) groups excluding carboxylic acids is 2. The Balaban J connectivity index is 1.30. The van der Waals surface area contributed by atoms with E-state index in [2.05, 4.69) is 15.4 Å². The van der Waals surface area contributed by atoms with Crippen LogP contribution in [0.4, 0.5) is 43.5 Å². The van der Waals surface area contributed by atoms with Crippen LogP contribution in [0.5, 0.6) is 0 Å². The molecule has 0 aliphatic carbocycles. The maximum absolute atomic E-state index is 13.2. The summed E-state index contributed by atoms with van der Waals surface area (Å²) < 4.78 is 84.4. The van der Waals surface area contributed by atoms with Gasteiger partial charge in [0.1, 0.15) is 11.6 Å². The summed E-state index contributed by atoms with van der Waals surface area (Å²) >= 11 is 0. The number of carbonyl (C=O) groups is 2. The summed E-state index contributed by atoms with van der Waals surface area (Å²) in [5, 5.41) is 7.65. The van der Waals surface area contributed by atoms with Gasteiger partial charge in [-0.3, -0.25) is 14.4 Å². The fourth-order valence-corrected chi connectivity index (χ4v) is 4.56. The molecule has 1 fully saturated rings. The molecule has 40 heavy (non-hydrogen) atoms. The number of fused-ring (bicyclic) bond motifs is 3. The molecule has 2 amide bonds. The average molecular weight is 577 g/mol. The lowest BCUT2D eigenvalue weighted by molar-refractivity contribution is -0.138. The van der Waals surface area contributed by atoms with E-state index in [-0.39, 0.29) is 56.7 Å². The Bertz CT molecular complexity index is 1330. The van der Waals surface area contributed by atoms with Crippen LogP contribution >= 0.6 is 0 Å². The number of H-pyrrole nitrogens is 1. The van der Waals surface area contributed by atoms with E-state index >= 15 is 0 Å². The zero-order chi connectivity index (χ0) is 29.4. The molecule has 2 atom stereocenters. The predicted molar refractivity (Wildman–Crippen MR) is 129 cm³/mol. The highest BCUT2D eigenvalue weighted by atomic mass is 19.4. The Morgan fingerprint density at radius 2 is 1.90 bits per heavy atom. The Morgan fingerprint density at radius 3 is 2.58 bits per heavy atom. The number of hydrogen-bond acceptors (Lipinski definition) is 8. The SMILES string of the molecule is C[C@@H](COCCC(=O)N1CCN2c3ncc(C(F)(F)F)cc3N(C)C(=O)[C@@H]2C1)Nc1cn[nH]c(=O)c1C(F)(F)F. The second-order valence-corrected chi connectivity index (χ2v) is 9.37. The number of piperazine rings is 1. The van der Waals surface area contributed by atoms with Gasteiger partial charge in [-0.05, 0) is 13.0 Å². The third kappa shape index (κ3) is 5.97. The zero-order valence-corrected chi connectivity index (χ0v) is 21.3. The molecule has 4 heterocycles. The first-order chi connectivity index (χ1) is 18.7. The third-order valence-corrected chi connectivity index (χ3v) is 6.53. The number of likely N-dealkylation sites (N-methyl/N-ethyl adjacent to an activating group) is 1. The Labute approximate surface area is 223 Å². The van der Waals surface area contributed by atoms with Crippen LogP contribution in [0, 0.1) is 0 Å². The fourth-order valence-electron chi connectivity index (χ4n) is 4.56. The van der Waals surface area contributed by atoms with Crippen molar-refractivity contribution in [2.45, 2.75) is 37.8 Å². The van der Waals surface area contributed by atoms with Crippen molar-refractivity contribution < 1.29 is 40.7 Å². The van der Waals surface area contributed by atoms with Crippen molar-refractivity contribution >= 4 is 29.0 Å². The van der Waals surface area contributed by atoms with Gasteiger partial charge in [0.05, 0.1) is 49.3 Å². The maximum atomic E-state index is 13.2. The second-order valence-electron chi connectivity index (χ2n) is 9.37. The molecule has 1 saturated heterocycles. The molecule has 11 nitrogen and oxygen atoms in total. The van der Waals surface area contributed by atoms with E-state index in [9.17, 15) is 40.7 Å². The van der Waals surface area contributed by atoms with E-state index < -0.39 is 52.7 Å². The molecule has 218 valence electrons. The number of anilines is 3. The average Bonchev–Trinajstić information content (AvgIpc) is 2.87. The van der Waals surface area contributed by atoms with Crippen molar-refractivity contribution in [1.29, 1.82) is 0 Å². The summed E-state index contributed by atoms with van der Waals surface area (Å²) in [4.78, 5) is 45.4. The molecule has 0 bridgehead atoms. The third-order valence-electron chi connectivity index (χ3n) is 6.53. The molecule has 0 aromatic carbocycles. The van der Waals surface area contributed by atoms with Gasteiger partial charge in [0.2, 0.25) is 5.91 Å². The van der Waals surface area contributed by atoms with Gasteiger partial charge in [0.15, 0.2) is 5.82 Å². The van der Waals surface area contributed by atoms with Gasteiger partial charge < -0.3 is 24.8 Å². The maximum Gasteiger partial charge on any atom is 0.423 e. The molecule has 0 saturated carbocycles. The zero-order valence-electron chi connectivity index (χ0n) is 21.3. The van der Waals surface area contributed by atoms with Crippen LogP contribution in [-0.4, -0.2) is 83.9 Å². The van der Waals surface area contributed by atoms with Crippen molar-refractivity contribution in [2.24, 2.45) is 0 Å². The summed E-state index contributed by atoms with van der Waals surface area (Å²) in [7, 11) is 1.35. The topological polar surface area (TPSA) is 124 Å². The molecule has 0 spiro atoms. The first-order valence-corrected chi connectivity index (χ1v) is 12.1. The smallest absolute Gasteiger partial charge is 0.379 e. The molecule has 0 unspecified atom stereocenters. The Kier molecular flexibility index (Phi) is 7.96. The van der Waals surface area contributed by atoms with Gasteiger partial charge in [0.25, 0.3) is 11.5 Å². The standard InChI is InChI=1S/C23H25F6N7O4/c1-12(32-14-9-31-33-20(38)18(14)23(27,28)29)11-40-6-3-17(37)35-4-5-36-16(10-35)21(39)34(2)15-7-13(22(24,25)26)8-30-19(15)36/h7-9,12,16H,3-6,10-11H2,1-2H3,(H2,32,33,38)/t12-,16-/m0/s1. The summed E-state index contributed by atoms with van der Waals surface area (Å²) in [5.74, 6) is -0.587. The van der Waals surface area contributed by atoms with E-state index in [1.54, 1.807) is 10.00 Å². The normalized spacial score (nSPS) is 18.4. The number of pyridine rings is 1. The number of aromatic nitrogens is 3.